The molecule has 0 bridgehead atoms. The van der Waals surface area contributed by atoms with E-state index in [4.69, 9.17) is 13.9 Å². The average molecular weight is 250 g/mol. The summed E-state index contributed by atoms with van der Waals surface area (Å²) in [6, 6.07) is 7.27. The molecule has 0 aliphatic rings. The van der Waals surface area contributed by atoms with Crippen LogP contribution in [0.25, 0.3) is 11.0 Å². The maximum absolute atomic E-state index is 11.6. The standard InChI is InChI=1S/C13H14O5/c1-15-7-8-17-11-9-5-3-4-6-10(9)18-12(11)13(14)16-2/h3-6H,7-8H2,1-2H3. The normalized spacial score (nSPS) is 10.6. The van der Waals surface area contributed by atoms with Gasteiger partial charge in [0.05, 0.1) is 19.1 Å². The number of esters is 1. The van der Waals surface area contributed by atoms with Crippen molar-refractivity contribution in [1.29, 1.82) is 0 Å². The highest BCUT2D eigenvalue weighted by Gasteiger charge is 2.22. The van der Waals surface area contributed by atoms with Gasteiger partial charge in [-0.1, -0.05) is 12.1 Å². The third-order valence-corrected chi connectivity index (χ3v) is 2.45. The lowest BCUT2D eigenvalue weighted by molar-refractivity contribution is 0.0558. The molecule has 1 aromatic carbocycles. The maximum atomic E-state index is 11.6. The molecular formula is C13H14O5. The van der Waals surface area contributed by atoms with Gasteiger partial charge in [0.25, 0.3) is 5.76 Å². The number of rotatable bonds is 5. The van der Waals surface area contributed by atoms with E-state index in [2.05, 4.69) is 4.74 Å². The van der Waals surface area contributed by atoms with Crippen LogP contribution in [-0.4, -0.2) is 33.4 Å². The van der Waals surface area contributed by atoms with Gasteiger partial charge in [0.15, 0.2) is 5.75 Å². The molecule has 0 aliphatic heterocycles. The number of carbonyl (C=O) groups excluding carboxylic acids is 1. The van der Waals surface area contributed by atoms with Crippen LogP contribution in [0.15, 0.2) is 28.7 Å². The van der Waals surface area contributed by atoms with Crippen molar-refractivity contribution < 1.29 is 23.4 Å². The van der Waals surface area contributed by atoms with Gasteiger partial charge >= 0.3 is 5.97 Å². The molecule has 0 radical (unpaired) electrons. The Labute approximate surface area is 104 Å². The van der Waals surface area contributed by atoms with E-state index in [1.165, 1.54) is 7.11 Å². The Morgan fingerprint density at radius 1 is 1.22 bits per heavy atom. The molecule has 0 atom stereocenters. The van der Waals surface area contributed by atoms with Crippen molar-refractivity contribution in [2.24, 2.45) is 0 Å². The Morgan fingerprint density at radius 2 is 2.00 bits per heavy atom. The molecule has 5 heteroatoms. The van der Waals surface area contributed by atoms with Crippen molar-refractivity contribution in [3.63, 3.8) is 0 Å². The fraction of sp³-hybridized carbons (Fsp3) is 0.308. The summed E-state index contributed by atoms with van der Waals surface area (Å²) >= 11 is 0. The predicted molar refractivity (Wildman–Crippen MR) is 64.9 cm³/mol. The molecule has 0 amide bonds. The van der Waals surface area contributed by atoms with Crippen LogP contribution in [0.5, 0.6) is 5.75 Å². The molecule has 96 valence electrons. The molecule has 0 saturated heterocycles. The second kappa shape index (κ2) is 5.55. The molecule has 0 fully saturated rings. The Morgan fingerprint density at radius 3 is 2.72 bits per heavy atom. The first kappa shape index (κ1) is 12.4. The molecule has 0 aliphatic carbocycles. The highest BCUT2D eigenvalue weighted by molar-refractivity contribution is 5.98. The van der Waals surface area contributed by atoms with Crippen molar-refractivity contribution in [3.8, 4) is 5.75 Å². The van der Waals surface area contributed by atoms with Gasteiger partial charge in [-0.15, -0.1) is 0 Å². The summed E-state index contributed by atoms with van der Waals surface area (Å²) < 4.78 is 20.6. The summed E-state index contributed by atoms with van der Waals surface area (Å²) in [4.78, 5) is 11.6. The van der Waals surface area contributed by atoms with Crippen molar-refractivity contribution in [3.05, 3.63) is 30.0 Å². The first-order valence-corrected chi connectivity index (χ1v) is 5.49. The van der Waals surface area contributed by atoms with Crippen LogP contribution in [0.3, 0.4) is 0 Å². The zero-order chi connectivity index (χ0) is 13.0. The van der Waals surface area contributed by atoms with E-state index in [0.717, 1.165) is 5.39 Å². The van der Waals surface area contributed by atoms with Gasteiger partial charge in [-0.05, 0) is 12.1 Å². The first-order chi connectivity index (χ1) is 8.77. The molecule has 5 nitrogen and oxygen atoms in total. The summed E-state index contributed by atoms with van der Waals surface area (Å²) in [5, 5.41) is 0.744. The van der Waals surface area contributed by atoms with Crippen LogP contribution < -0.4 is 4.74 Å². The van der Waals surface area contributed by atoms with Crippen molar-refractivity contribution >= 4 is 16.9 Å². The minimum atomic E-state index is -0.557. The van der Waals surface area contributed by atoms with Crippen LogP contribution in [0.1, 0.15) is 10.6 Å². The Kier molecular flexibility index (Phi) is 3.84. The van der Waals surface area contributed by atoms with Crippen LogP contribution >= 0.6 is 0 Å². The smallest absolute Gasteiger partial charge is 0.377 e. The van der Waals surface area contributed by atoms with Gasteiger partial charge in [0.1, 0.15) is 12.2 Å². The van der Waals surface area contributed by atoms with E-state index in [-0.39, 0.29) is 5.76 Å². The molecular weight excluding hydrogens is 236 g/mol. The molecule has 2 rings (SSSR count). The molecule has 0 spiro atoms. The second-order valence-electron chi connectivity index (χ2n) is 3.59. The van der Waals surface area contributed by atoms with Gasteiger partial charge in [-0.2, -0.15) is 0 Å². The fourth-order valence-electron chi connectivity index (χ4n) is 1.62. The van der Waals surface area contributed by atoms with Gasteiger partial charge in [-0.25, -0.2) is 4.79 Å². The lowest BCUT2D eigenvalue weighted by Gasteiger charge is -2.04. The van der Waals surface area contributed by atoms with Crippen molar-refractivity contribution in [1.82, 2.24) is 0 Å². The van der Waals surface area contributed by atoms with Crippen LogP contribution in [0.4, 0.5) is 0 Å². The summed E-state index contributed by atoms with van der Waals surface area (Å²) in [6.45, 7) is 0.768. The molecule has 1 aromatic heterocycles. The Balaban J connectivity index is 2.41. The maximum Gasteiger partial charge on any atom is 0.377 e. The third-order valence-electron chi connectivity index (χ3n) is 2.45. The van der Waals surface area contributed by atoms with Gasteiger partial charge in [0.2, 0.25) is 0 Å². The van der Waals surface area contributed by atoms with Crippen LogP contribution in [-0.2, 0) is 9.47 Å². The zero-order valence-electron chi connectivity index (χ0n) is 10.3. The third kappa shape index (κ3) is 2.31. The fourth-order valence-corrected chi connectivity index (χ4v) is 1.62. The highest BCUT2D eigenvalue weighted by Crippen LogP contribution is 2.33. The number of benzene rings is 1. The summed E-state index contributed by atoms with van der Waals surface area (Å²) in [5.41, 5.74) is 0.588. The van der Waals surface area contributed by atoms with Gasteiger partial charge < -0.3 is 18.6 Å². The predicted octanol–water partition coefficient (Wildman–Crippen LogP) is 2.24. The van der Waals surface area contributed by atoms with Gasteiger partial charge in [-0.3, -0.25) is 0 Å². The molecule has 0 unspecified atom stereocenters. The zero-order valence-corrected chi connectivity index (χ0v) is 10.3. The number of methoxy groups -OCH3 is 2. The quantitative estimate of drug-likeness (QED) is 0.601. The van der Waals surface area contributed by atoms with E-state index in [1.807, 2.05) is 18.2 Å². The topological polar surface area (TPSA) is 57.9 Å². The number of furan rings is 1. The number of para-hydroxylation sites is 1. The second-order valence-corrected chi connectivity index (χ2v) is 3.59. The summed E-state index contributed by atoms with van der Waals surface area (Å²) in [5.74, 6) is -0.0806. The van der Waals surface area contributed by atoms with E-state index < -0.39 is 5.97 Å². The van der Waals surface area contributed by atoms with E-state index >= 15 is 0 Å². The van der Waals surface area contributed by atoms with E-state index in [1.54, 1.807) is 13.2 Å². The molecule has 0 N–H and O–H groups in total. The number of hydrogen-bond donors (Lipinski definition) is 0. The van der Waals surface area contributed by atoms with Crippen molar-refractivity contribution in [2.45, 2.75) is 0 Å². The van der Waals surface area contributed by atoms with E-state index in [9.17, 15) is 4.79 Å². The van der Waals surface area contributed by atoms with Crippen LogP contribution in [0, 0.1) is 0 Å². The monoisotopic (exact) mass is 250 g/mol. The molecule has 2 aromatic rings. The lowest BCUT2D eigenvalue weighted by Crippen LogP contribution is -2.08. The minimum absolute atomic E-state index is 0.0785. The number of ether oxygens (including phenoxy) is 3. The Hall–Kier alpha value is -2.01. The SMILES string of the molecule is COCCOc1c(C(=O)OC)oc2ccccc12. The summed E-state index contributed by atoms with van der Waals surface area (Å²) in [7, 11) is 2.88. The number of carbonyl (C=O) groups is 1. The largest absolute Gasteiger partial charge is 0.486 e. The molecule has 1 heterocycles. The first-order valence-electron chi connectivity index (χ1n) is 5.49. The van der Waals surface area contributed by atoms with Crippen LogP contribution in [0.2, 0.25) is 0 Å². The molecule has 18 heavy (non-hydrogen) atoms. The average Bonchev–Trinajstić information content (AvgIpc) is 2.77. The lowest BCUT2D eigenvalue weighted by atomic mass is 10.2. The molecule has 0 saturated carbocycles. The van der Waals surface area contributed by atoms with Crippen molar-refractivity contribution in [2.75, 3.05) is 27.4 Å². The number of hydrogen-bond acceptors (Lipinski definition) is 5. The highest BCUT2D eigenvalue weighted by atomic mass is 16.5. The summed E-state index contributed by atoms with van der Waals surface area (Å²) in [6.07, 6.45) is 0. The number of fused-ring (bicyclic) bond motifs is 1. The Bertz CT molecular complexity index is 543. The van der Waals surface area contributed by atoms with Gasteiger partial charge in [0, 0.05) is 7.11 Å². The minimum Gasteiger partial charge on any atom is -0.486 e. The van der Waals surface area contributed by atoms with E-state index in [0.29, 0.717) is 24.5 Å².